The van der Waals surface area contributed by atoms with Crippen LogP contribution in [-0.2, 0) is 0 Å². The Hall–Kier alpha value is -3.02. The molecule has 0 aliphatic heterocycles. The first-order chi connectivity index (χ1) is 10.2. The third-order valence-corrected chi connectivity index (χ3v) is 2.82. The van der Waals surface area contributed by atoms with Crippen LogP contribution in [-0.4, -0.2) is 20.4 Å². The fourth-order valence-electron chi connectivity index (χ4n) is 1.85. The number of amides is 1. The Morgan fingerprint density at radius 1 is 1.19 bits per heavy atom. The molecule has 0 atom stereocenters. The second-order valence-electron chi connectivity index (χ2n) is 4.32. The number of imidazole rings is 1. The van der Waals surface area contributed by atoms with Gasteiger partial charge in [-0.05, 0) is 30.3 Å². The molecule has 0 aliphatic carbocycles. The molecule has 5 nitrogen and oxygen atoms in total. The van der Waals surface area contributed by atoms with E-state index in [-0.39, 0.29) is 5.69 Å². The molecule has 0 spiro atoms. The number of nitrogens with zero attached hydrogens (tertiary/aromatic N) is 3. The lowest BCUT2D eigenvalue weighted by atomic mass is 10.3. The molecule has 0 saturated heterocycles. The van der Waals surface area contributed by atoms with Crippen molar-refractivity contribution in [2.45, 2.75) is 0 Å². The number of carbonyl (C=O) groups is 1. The third kappa shape index (κ3) is 2.94. The molecule has 0 unspecified atom stereocenters. The molecule has 3 aromatic rings. The van der Waals surface area contributed by atoms with Gasteiger partial charge in [0.25, 0.3) is 5.91 Å². The zero-order valence-corrected chi connectivity index (χ0v) is 10.9. The molecule has 21 heavy (non-hydrogen) atoms. The first kappa shape index (κ1) is 13.0. The summed E-state index contributed by atoms with van der Waals surface area (Å²) in [5.41, 5.74) is 0.625. The van der Waals surface area contributed by atoms with Crippen molar-refractivity contribution in [3.05, 3.63) is 72.7 Å². The van der Waals surface area contributed by atoms with Crippen LogP contribution in [0.15, 0.2) is 61.2 Å². The van der Waals surface area contributed by atoms with Crippen LogP contribution in [0, 0.1) is 5.82 Å². The molecule has 0 saturated carbocycles. The fourth-order valence-corrected chi connectivity index (χ4v) is 1.85. The molecular weight excluding hydrogens is 271 g/mol. The highest BCUT2D eigenvalue weighted by Crippen LogP contribution is 2.11. The lowest BCUT2D eigenvalue weighted by Gasteiger charge is -2.06. The molecule has 0 aliphatic rings. The molecular formula is C15H11FN4O. The number of anilines is 1. The number of pyridine rings is 1. The minimum atomic E-state index is -0.409. The molecule has 6 heteroatoms. The van der Waals surface area contributed by atoms with Crippen molar-refractivity contribution >= 4 is 11.6 Å². The van der Waals surface area contributed by atoms with Gasteiger partial charge in [-0.1, -0.05) is 12.1 Å². The monoisotopic (exact) mass is 282 g/mol. The van der Waals surface area contributed by atoms with Gasteiger partial charge in [0.05, 0.1) is 0 Å². The van der Waals surface area contributed by atoms with Crippen LogP contribution in [0.2, 0.25) is 0 Å². The van der Waals surface area contributed by atoms with Crippen LogP contribution < -0.4 is 5.32 Å². The number of rotatable bonds is 3. The lowest BCUT2D eigenvalue weighted by molar-refractivity contribution is 0.102. The summed E-state index contributed by atoms with van der Waals surface area (Å²) in [4.78, 5) is 20.3. The van der Waals surface area contributed by atoms with Crippen molar-refractivity contribution in [3.8, 4) is 5.82 Å². The first-order valence-corrected chi connectivity index (χ1v) is 6.25. The van der Waals surface area contributed by atoms with Gasteiger partial charge in [-0.3, -0.25) is 9.36 Å². The molecule has 3 rings (SSSR count). The normalized spacial score (nSPS) is 10.3. The summed E-state index contributed by atoms with van der Waals surface area (Å²) < 4.78 is 14.8. The van der Waals surface area contributed by atoms with Crippen LogP contribution in [0.5, 0.6) is 0 Å². The van der Waals surface area contributed by atoms with Crippen molar-refractivity contribution in [1.82, 2.24) is 14.5 Å². The first-order valence-electron chi connectivity index (χ1n) is 6.25. The SMILES string of the molecule is O=C(Nc1cccc(F)c1)c1cccc(-n2ccnc2)n1. The Bertz CT molecular complexity index is 771. The number of nitrogens with one attached hydrogen (secondary N) is 1. The van der Waals surface area contributed by atoms with Gasteiger partial charge in [-0.15, -0.1) is 0 Å². The summed E-state index contributed by atoms with van der Waals surface area (Å²) in [6.45, 7) is 0. The zero-order chi connectivity index (χ0) is 14.7. The third-order valence-electron chi connectivity index (χ3n) is 2.82. The maximum absolute atomic E-state index is 13.1. The molecule has 2 aromatic heterocycles. The number of carbonyl (C=O) groups excluding carboxylic acids is 1. The standard InChI is InChI=1S/C15H11FN4O/c16-11-3-1-4-12(9-11)18-15(21)13-5-2-6-14(19-13)20-8-7-17-10-20/h1-10H,(H,18,21). The van der Waals surface area contributed by atoms with E-state index in [1.54, 1.807) is 47.6 Å². The van der Waals surface area contributed by atoms with E-state index >= 15 is 0 Å². The quantitative estimate of drug-likeness (QED) is 0.803. The van der Waals surface area contributed by atoms with Crippen molar-refractivity contribution in [3.63, 3.8) is 0 Å². The van der Waals surface area contributed by atoms with Crippen molar-refractivity contribution < 1.29 is 9.18 Å². The number of benzene rings is 1. The van der Waals surface area contributed by atoms with E-state index in [2.05, 4.69) is 15.3 Å². The Balaban J connectivity index is 1.83. The number of aromatic nitrogens is 3. The van der Waals surface area contributed by atoms with E-state index in [1.807, 2.05) is 0 Å². The Morgan fingerprint density at radius 3 is 2.81 bits per heavy atom. The van der Waals surface area contributed by atoms with Gasteiger partial charge < -0.3 is 5.32 Å². The Morgan fingerprint density at radius 2 is 2.05 bits per heavy atom. The summed E-state index contributed by atoms with van der Waals surface area (Å²) in [5.74, 6) is -0.227. The number of halogens is 1. The highest BCUT2D eigenvalue weighted by molar-refractivity contribution is 6.02. The largest absolute Gasteiger partial charge is 0.321 e. The minimum absolute atomic E-state index is 0.241. The van der Waals surface area contributed by atoms with Crippen LogP contribution >= 0.6 is 0 Å². The molecule has 1 amide bonds. The van der Waals surface area contributed by atoms with Crippen LogP contribution in [0.1, 0.15) is 10.5 Å². The van der Waals surface area contributed by atoms with E-state index in [4.69, 9.17) is 0 Å². The maximum atomic E-state index is 13.1. The number of hydrogen-bond acceptors (Lipinski definition) is 3. The van der Waals surface area contributed by atoms with E-state index < -0.39 is 11.7 Å². The van der Waals surface area contributed by atoms with E-state index in [1.165, 1.54) is 18.2 Å². The van der Waals surface area contributed by atoms with Crippen molar-refractivity contribution in [2.24, 2.45) is 0 Å². The summed E-state index contributed by atoms with van der Waals surface area (Å²) in [6.07, 6.45) is 4.95. The van der Waals surface area contributed by atoms with E-state index in [0.29, 0.717) is 11.5 Å². The van der Waals surface area contributed by atoms with Gasteiger partial charge in [0.2, 0.25) is 0 Å². The highest BCUT2D eigenvalue weighted by Gasteiger charge is 2.09. The summed E-state index contributed by atoms with van der Waals surface area (Å²) in [7, 11) is 0. The number of hydrogen-bond donors (Lipinski definition) is 1. The Labute approximate surface area is 120 Å². The fraction of sp³-hybridized carbons (Fsp3) is 0. The smallest absolute Gasteiger partial charge is 0.274 e. The maximum Gasteiger partial charge on any atom is 0.274 e. The Kier molecular flexibility index (Phi) is 3.42. The van der Waals surface area contributed by atoms with E-state index in [0.717, 1.165) is 0 Å². The van der Waals surface area contributed by atoms with Crippen molar-refractivity contribution in [1.29, 1.82) is 0 Å². The van der Waals surface area contributed by atoms with Crippen LogP contribution in [0.4, 0.5) is 10.1 Å². The molecule has 104 valence electrons. The van der Waals surface area contributed by atoms with Crippen LogP contribution in [0.3, 0.4) is 0 Å². The molecule has 1 aromatic carbocycles. The summed E-state index contributed by atoms with van der Waals surface area (Å²) in [6, 6.07) is 10.8. The van der Waals surface area contributed by atoms with Gasteiger partial charge in [0.1, 0.15) is 23.7 Å². The summed E-state index contributed by atoms with van der Waals surface area (Å²) >= 11 is 0. The zero-order valence-electron chi connectivity index (χ0n) is 10.9. The van der Waals surface area contributed by atoms with Gasteiger partial charge >= 0.3 is 0 Å². The van der Waals surface area contributed by atoms with Crippen molar-refractivity contribution in [2.75, 3.05) is 5.32 Å². The van der Waals surface area contributed by atoms with E-state index in [9.17, 15) is 9.18 Å². The van der Waals surface area contributed by atoms with Crippen LogP contribution in [0.25, 0.3) is 5.82 Å². The van der Waals surface area contributed by atoms with Gasteiger partial charge in [0, 0.05) is 18.1 Å². The van der Waals surface area contributed by atoms with Gasteiger partial charge in [-0.25, -0.2) is 14.4 Å². The molecule has 0 bridgehead atoms. The second kappa shape index (κ2) is 5.54. The second-order valence-corrected chi connectivity index (χ2v) is 4.32. The predicted molar refractivity (Wildman–Crippen MR) is 75.7 cm³/mol. The average molecular weight is 282 g/mol. The molecule has 0 fully saturated rings. The average Bonchev–Trinajstić information content (AvgIpc) is 3.02. The lowest BCUT2D eigenvalue weighted by Crippen LogP contribution is -2.14. The van der Waals surface area contributed by atoms with Gasteiger partial charge in [-0.2, -0.15) is 0 Å². The van der Waals surface area contributed by atoms with Gasteiger partial charge in [0.15, 0.2) is 0 Å². The highest BCUT2D eigenvalue weighted by atomic mass is 19.1. The predicted octanol–water partition coefficient (Wildman–Crippen LogP) is 2.66. The molecule has 2 heterocycles. The summed E-state index contributed by atoms with van der Waals surface area (Å²) in [5, 5.41) is 2.61. The minimum Gasteiger partial charge on any atom is -0.321 e. The topological polar surface area (TPSA) is 59.8 Å². The molecule has 0 radical (unpaired) electrons. The molecule has 1 N–H and O–H groups in total.